The molecule has 0 atom stereocenters. The standard InChI is InChI=1S/C28H28FN3O3.C7H7BrO/c1-16(2)32-11-12-35-25-13-17(9-10-24(25)32)28(3,4)31-27(34)19-15-23-20(14-21(19)29)26(33)18-7-5-6-8-22(18)30-23;1-5-2-3-6(8)4-7(5)9/h5-10,13-16H,11-12H2,1-4H3,(H,30,33)(H,31,34);2-4,9H,1H3. The molecule has 9 heteroatoms. The fourth-order valence-electron chi connectivity index (χ4n) is 5.29. The lowest BCUT2D eigenvalue weighted by Crippen LogP contribution is -2.42. The number of nitrogens with one attached hydrogen (secondary N) is 2. The summed E-state index contributed by atoms with van der Waals surface area (Å²) in [6.07, 6.45) is 0. The number of hydrogen-bond donors (Lipinski definition) is 3. The van der Waals surface area contributed by atoms with E-state index in [1.807, 2.05) is 57.2 Å². The maximum Gasteiger partial charge on any atom is 0.255 e. The summed E-state index contributed by atoms with van der Waals surface area (Å²) < 4.78 is 21.8. The highest BCUT2D eigenvalue weighted by Crippen LogP contribution is 2.36. The topological polar surface area (TPSA) is 94.7 Å². The number of ether oxygens (including phenoxy) is 1. The van der Waals surface area contributed by atoms with Crippen LogP contribution in [-0.4, -0.2) is 35.2 Å². The number of anilines is 1. The molecule has 0 radical (unpaired) electrons. The molecule has 4 aromatic carbocycles. The van der Waals surface area contributed by atoms with Crippen LogP contribution in [0.15, 0.2) is 82.1 Å². The second-order valence-electron chi connectivity index (χ2n) is 11.7. The molecule has 44 heavy (non-hydrogen) atoms. The Morgan fingerprint density at radius 2 is 1.80 bits per heavy atom. The van der Waals surface area contributed by atoms with Gasteiger partial charge in [-0.25, -0.2) is 4.39 Å². The van der Waals surface area contributed by atoms with Gasteiger partial charge >= 0.3 is 0 Å². The van der Waals surface area contributed by atoms with E-state index in [0.717, 1.165) is 39.6 Å². The number of aromatic nitrogens is 1. The van der Waals surface area contributed by atoms with Crippen LogP contribution in [0.4, 0.5) is 10.1 Å². The van der Waals surface area contributed by atoms with Crippen molar-refractivity contribution in [2.24, 2.45) is 0 Å². The predicted octanol–water partition coefficient (Wildman–Crippen LogP) is 7.56. The molecule has 2 heterocycles. The number of para-hydroxylation sites is 1. The van der Waals surface area contributed by atoms with Gasteiger partial charge in [-0.3, -0.25) is 9.59 Å². The quantitative estimate of drug-likeness (QED) is 0.173. The molecule has 0 saturated carbocycles. The summed E-state index contributed by atoms with van der Waals surface area (Å²) in [6, 6.07) is 21.3. The van der Waals surface area contributed by atoms with Crippen molar-refractivity contribution in [1.82, 2.24) is 10.3 Å². The third-order valence-electron chi connectivity index (χ3n) is 7.84. The fraction of sp³-hybridized carbons (Fsp3) is 0.257. The van der Waals surface area contributed by atoms with Gasteiger partial charge in [0.1, 0.15) is 23.9 Å². The highest BCUT2D eigenvalue weighted by atomic mass is 79.9. The van der Waals surface area contributed by atoms with Crippen LogP contribution in [0.3, 0.4) is 0 Å². The first-order valence-corrected chi connectivity index (χ1v) is 15.2. The maximum atomic E-state index is 15.0. The number of phenolic OH excluding ortho intramolecular Hbond substituents is 1. The fourth-order valence-corrected chi connectivity index (χ4v) is 5.64. The number of aromatic amines is 1. The van der Waals surface area contributed by atoms with Gasteiger partial charge in [0, 0.05) is 26.8 Å². The number of halogens is 2. The van der Waals surface area contributed by atoms with Crippen LogP contribution >= 0.6 is 15.9 Å². The molecule has 1 aliphatic heterocycles. The number of fused-ring (bicyclic) bond motifs is 3. The van der Waals surface area contributed by atoms with Gasteiger partial charge in [-0.15, -0.1) is 0 Å². The molecule has 1 aromatic heterocycles. The molecule has 0 spiro atoms. The first-order chi connectivity index (χ1) is 20.9. The second-order valence-corrected chi connectivity index (χ2v) is 12.6. The molecule has 1 aliphatic rings. The molecule has 5 aromatic rings. The van der Waals surface area contributed by atoms with Crippen molar-refractivity contribution in [3.05, 3.63) is 110 Å². The smallest absolute Gasteiger partial charge is 0.255 e. The highest BCUT2D eigenvalue weighted by molar-refractivity contribution is 9.10. The highest BCUT2D eigenvalue weighted by Gasteiger charge is 2.28. The molecule has 0 unspecified atom stereocenters. The number of nitrogens with zero attached hydrogens (tertiary/aromatic N) is 1. The van der Waals surface area contributed by atoms with Crippen molar-refractivity contribution >= 4 is 49.3 Å². The molecule has 6 rings (SSSR count). The summed E-state index contributed by atoms with van der Waals surface area (Å²) in [5.41, 5.74) is 2.61. The minimum absolute atomic E-state index is 0.128. The molecule has 1 amide bonds. The summed E-state index contributed by atoms with van der Waals surface area (Å²) in [4.78, 5) is 31.4. The van der Waals surface area contributed by atoms with Crippen molar-refractivity contribution in [2.45, 2.75) is 46.2 Å². The van der Waals surface area contributed by atoms with E-state index in [0.29, 0.717) is 34.8 Å². The monoisotopic (exact) mass is 659 g/mol. The van der Waals surface area contributed by atoms with Crippen LogP contribution in [0, 0.1) is 12.7 Å². The van der Waals surface area contributed by atoms with Crippen molar-refractivity contribution in [3.63, 3.8) is 0 Å². The molecule has 228 valence electrons. The average Bonchev–Trinajstić information content (AvgIpc) is 2.99. The number of pyridine rings is 1. The van der Waals surface area contributed by atoms with E-state index >= 15 is 4.39 Å². The first-order valence-electron chi connectivity index (χ1n) is 14.4. The first kappa shape index (κ1) is 31.1. The normalized spacial score (nSPS) is 12.9. The average molecular weight is 661 g/mol. The number of benzene rings is 4. The molecule has 0 saturated heterocycles. The van der Waals surface area contributed by atoms with E-state index in [-0.39, 0.29) is 16.4 Å². The molecule has 0 bridgehead atoms. The van der Waals surface area contributed by atoms with Crippen LogP contribution in [0.1, 0.15) is 49.2 Å². The lowest BCUT2D eigenvalue weighted by molar-refractivity contribution is 0.0908. The van der Waals surface area contributed by atoms with Crippen LogP contribution in [0.5, 0.6) is 11.5 Å². The summed E-state index contributed by atoms with van der Waals surface area (Å²) in [5.74, 6) is -0.200. The molecule has 0 aliphatic carbocycles. The van der Waals surface area contributed by atoms with Gasteiger partial charge in [0.2, 0.25) is 0 Å². The van der Waals surface area contributed by atoms with E-state index in [4.69, 9.17) is 9.84 Å². The van der Waals surface area contributed by atoms with Crippen LogP contribution in [0.25, 0.3) is 21.8 Å². The summed E-state index contributed by atoms with van der Waals surface area (Å²) in [7, 11) is 0. The Morgan fingerprint density at radius 3 is 2.50 bits per heavy atom. The Labute approximate surface area is 263 Å². The molecular formula is C35H35BrFN3O4. The van der Waals surface area contributed by atoms with Crippen molar-refractivity contribution < 1.29 is 19.0 Å². The minimum Gasteiger partial charge on any atom is -0.508 e. The minimum atomic E-state index is -0.798. The van der Waals surface area contributed by atoms with E-state index in [2.05, 4.69) is 45.0 Å². The SMILES string of the molecule is CC(C)N1CCOc2cc(C(C)(C)NC(=O)c3cc4[nH]c5ccccc5c(=O)c4cc3F)ccc21.Cc1ccc(Br)cc1O. The van der Waals surface area contributed by atoms with Gasteiger partial charge in [-0.1, -0.05) is 40.2 Å². The van der Waals surface area contributed by atoms with Gasteiger partial charge in [-0.05, 0) is 94.3 Å². The van der Waals surface area contributed by atoms with Gasteiger partial charge in [0.05, 0.1) is 28.9 Å². The van der Waals surface area contributed by atoms with Gasteiger partial charge < -0.3 is 25.0 Å². The van der Waals surface area contributed by atoms with Crippen molar-refractivity contribution in [1.29, 1.82) is 0 Å². The number of aromatic hydroxyl groups is 1. The number of carbonyl (C=O) groups is 1. The number of H-pyrrole nitrogens is 1. The Kier molecular flexibility index (Phi) is 8.70. The summed E-state index contributed by atoms with van der Waals surface area (Å²) in [6.45, 7) is 11.3. The maximum absolute atomic E-state index is 15.0. The number of amides is 1. The third-order valence-corrected chi connectivity index (χ3v) is 8.33. The second kappa shape index (κ2) is 12.3. The zero-order chi connectivity index (χ0) is 31.8. The Hall–Kier alpha value is -4.37. The van der Waals surface area contributed by atoms with Gasteiger partial charge in [0.25, 0.3) is 5.91 Å². The van der Waals surface area contributed by atoms with E-state index in [1.54, 1.807) is 24.3 Å². The number of phenols is 1. The number of aryl methyl sites for hydroxylation is 1. The molecule has 3 N–H and O–H groups in total. The summed E-state index contributed by atoms with van der Waals surface area (Å²) in [5, 5.41) is 12.7. The van der Waals surface area contributed by atoms with E-state index in [1.165, 1.54) is 6.07 Å². The lowest BCUT2D eigenvalue weighted by atomic mass is 9.92. The molecule has 0 fully saturated rings. The van der Waals surface area contributed by atoms with Crippen LogP contribution in [-0.2, 0) is 5.54 Å². The van der Waals surface area contributed by atoms with E-state index < -0.39 is 17.3 Å². The van der Waals surface area contributed by atoms with Crippen LogP contribution < -0.4 is 20.4 Å². The van der Waals surface area contributed by atoms with Gasteiger partial charge in [-0.2, -0.15) is 0 Å². The Bertz CT molecular complexity index is 1940. The Balaban J connectivity index is 0.000000367. The predicted molar refractivity (Wildman–Crippen MR) is 177 cm³/mol. The Morgan fingerprint density at radius 1 is 1.05 bits per heavy atom. The van der Waals surface area contributed by atoms with E-state index in [9.17, 15) is 9.59 Å². The number of rotatable bonds is 4. The third kappa shape index (κ3) is 6.28. The summed E-state index contributed by atoms with van der Waals surface area (Å²) >= 11 is 3.24. The molecule has 7 nitrogen and oxygen atoms in total. The zero-order valence-electron chi connectivity index (χ0n) is 25.3. The number of hydrogen-bond acceptors (Lipinski definition) is 5. The zero-order valence-corrected chi connectivity index (χ0v) is 26.9. The van der Waals surface area contributed by atoms with Crippen molar-refractivity contribution in [3.8, 4) is 11.5 Å². The molecular weight excluding hydrogens is 625 g/mol. The number of carbonyl (C=O) groups excluding carboxylic acids is 1. The largest absolute Gasteiger partial charge is 0.508 e. The van der Waals surface area contributed by atoms with Crippen molar-refractivity contribution in [2.75, 3.05) is 18.1 Å². The van der Waals surface area contributed by atoms with Crippen LogP contribution in [0.2, 0.25) is 0 Å². The lowest BCUT2D eigenvalue weighted by Gasteiger charge is -2.36. The van der Waals surface area contributed by atoms with Gasteiger partial charge in [0.15, 0.2) is 5.43 Å².